The average Bonchev–Trinajstić information content (AvgIpc) is 2.37. The van der Waals surface area contributed by atoms with E-state index in [0.29, 0.717) is 23.4 Å². The molecular weight excluding hydrogens is 324 g/mol. The van der Waals surface area contributed by atoms with Crippen molar-refractivity contribution in [3.8, 4) is 0 Å². The fraction of sp³-hybridized carbons (Fsp3) is 0.500. The van der Waals surface area contributed by atoms with Gasteiger partial charge in [0.1, 0.15) is 16.8 Å². The largest absolute Gasteiger partial charge is 0.465 e. The maximum atomic E-state index is 12.4. The van der Waals surface area contributed by atoms with Gasteiger partial charge in [-0.3, -0.25) is 9.59 Å². The highest BCUT2D eigenvalue weighted by atomic mass is 79.9. The summed E-state index contributed by atoms with van der Waals surface area (Å²) in [7, 11) is 0. The standard InChI is InChI=1S/C14H19BrN2O3/c1-4-20-13(18)9-17(8-10(2)3)14(19)11-6-5-7-12(15)16-11/h5-7,10H,4,8-9H2,1-3H3. The Morgan fingerprint density at radius 1 is 1.40 bits per heavy atom. The Hall–Kier alpha value is -1.43. The summed E-state index contributed by atoms with van der Waals surface area (Å²) in [5.41, 5.74) is 0.310. The molecule has 1 aromatic heterocycles. The summed E-state index contributed by atoms with van der Waals surface area (Å²) in [6.45, 7) is 6.44. The third kappa shape index (κ3) is 5.28. The molecule has 0 fully saturated rings. The zero-order valence-corrected chi connectivity index (χ0v) is 13.5. The fourth-order valence-corrected chi connectivity index (χ4v) is 2.06. The Labute approximate surface area is 127 Å². The Balaban J connectivity index is 2.86. The highest BCUT2D eigenvalue weighted by molar-refractivity contribution is 9.10. The van der Waals surface area contributed by atoms with E-state index in [1.165, 1.54) is 4.90 Å². The lowest BCUT2D eigenvalue weighted by Gasteiger charge is -2.23. The number of carbonyl (C=O) groups is 2. The number of rotatable bonds is 6. The number of aromatic nitrogens is 1. The second-order valence-electron chi connectivity index (χ2n) is 4.73. The van der Waals surface area contributed by atoms with E-state index in [9.17, 15) is 9.59 Å². The number of halogens is 1. The molecule has 0 bridgehead atoms. The van der Waals surface area contributed by atoms with Gasteiger partial charge in [0.2, 0.25) is 0 Å². The van der Waals surface area contributed by atoms with Gasteiger partial charge in [0.25, 0.3) is 5.91 Å². The molecule has 20 heavy (non-hydrogen) atoms. The highest BCUT2D eigenvalue weighted by Crippen LogP contribution is 2.10. The van der Waals surface area contributed by atoms with Crippen molar-refractivity contribution in [2.75, 3.05) is 19.7 Å². The van der Waals surface area contributed by atoms with Crippen molar-refractivity contribution >= 4 is 27.8 Å². The average molecular weight is 343 g/mol. The molecule has 0 aliphatic rings. The fourth-order valence-electron chi connectivity index (χ4n) is 1.71. The molecule has 1 aromatic rings. The molecule has 0 aromatic carbocycles. The maximum absolute atomic E-state index is 12.4. The second-order valence-corrected chi connectivity index (χ2v) is 5.54. The van der Waals surface area contributed by atoms with Crippen LogP contribution in [0.25, 0.3) is 0 Å². The van der Waals surface area contributed by atoms with Crippen LogP contribution in [0, 0.1) is 5.92 Å². The molecule has 1 amide bonds. The van der Waals surface area contributed by atoms with E-state index in [0.717, 1.165) is 0 Å². The van der Waals surface area contributed by atoms with Gasteiger partial charge in [0, 0.05) is 6.54 Å². The van der Waals surface area contributed by atoms with Crippen LogP contribution in [-0.4, -0.2) is 41.5 Å². The summed E-state index contributed by atoms with van der Waals surface area (Å²) < 4.78 is 5.49. The number of carbonyl (C=O) groups excluding carboxylic acids is 2. The quantitative estimate of drug-likeness (QED) is 0.588. The van der Waals surface area contributed by atoms with Crippen LogP contribution in [0.1, 0.15) is 31.3 Å². The van der Waals surface area contributed by atoms with Crippen LogP contribution in [0.4, 0.5) is 0 Å². The van der Waals surface area contributed by atoms with Crippen molar-refractivity contribution in [3.05, 3.63) is 28.5 Å². The van der Waals surface area contributed by atoms with E-state index < -0.39 is 5.97 Å². The highest BCUT2D eigenvalue weighted by Gasteiger charge is 2.21. The number of pyridine rings is 1. The molecule has 0 unspecified atom stereocenters. The summed E-state index contributed by atoms with van der Waals surface area (Å²) in [6, 6.07) is 5.11. The molecule has 0 saturated heterocycles. The third-order valence-electron chi connectivity index (χ3n) is 2.43. The van der Waals surface area contributed by atoms with Gasteiger partial charge in [-0.05, 0) is 40.9 Å². The van der Waals surface area contributed by atoms with Crippen LogP contribution in [0.2, 0.25) is 0 Å². The molecule has 1 rings (SSSR count). The third-order valence-corrected chi connectivity index (χ3v) is 2.87. The van der Waals surface area contributed by atoms with Crippen molar-refractivity contribution in [1.82, 2.24) is 9.88 Å². The smallest absolute Gasteiger partial charge is 0.325 e. The van der Waals surface area contributed by atoms with Gasteiger partial charge in [-0.15, -0.1) is 0 Å². The van der Waals surface area contributed by atoms with Crippen LogP contribution in [0.5, 0.6) is 0 Å². The van der Waals surface area contributed by atoms with E-state index in [4.69, 9.17) is 4.74 Å². The Morgan fingerprint density at radius 2 is 2.10 bits per heavy atom. The van der Waals surface area contributed by atoms with Gasteiger partial charge in [0.05, 0.1) is 6.61 Å². The summed E-state index contributed by atoms with van der Waals surface area (Å²) >= 11 is 3.23. The van der Waals surface area contributed by atoms with E-state index in [-0.39, 0.29) is 18.4 Å². The zero-order valence-electron chi connectivity index (χ0n) is 11.9. The number of hydrogen-bond donors (Lipinski definition) is 0. The minimum atomic E-state index is -0.406. The summed E-state index contributed by atoms with van der Waals surface area (Å²) in [6.07, 6.45) is 0. The van der Waals surface area contributed by atoms with Crippen molar-refractivity contribution in [3.63, 3.8) is 0 Å². The molecule has 110 valence electrons. The molecule has 0 aliphatic heterocycles. The summed E-state index contributed by atoms with van der Waals surface area (Å²) in [4.78, 5) is 29.6. The lowest BCUT2D eigenvalue weighted by Crippen LogP contribution is -2.39. The van der Waals surface area contributed by atoms with E-state index in [1.54, 1.807) is 25.1 Å². The predicted octanol–water partition coefficient (Wildman–Crippen LogP) is 2.51. The Morgan fingerprint density at radius 3 is 2.65 bits per heavy atom. The Bertz CT molecular complexity index is 477. The molecule has 0 N–H and O–H groups in total. The van der Waals surface area contributed by atoms with Gasteiger partial charge in [-0.1, -0.05) is 19.9 Å². The summed E-state index contributed by atoms with van der Waals surface area (Å²) in [5.74, 6) is -0.426. The first-order valence-corrected chi connectivity index (χ1v) is 7.30. The van der Waals surface area contributed by atoms with Gasteiger partial charge in [-0.25, -0.2) is 4.98 Å². The number of amides is 1. The minimum absolute atomic E-state index is 0.0565. The van der Waals surface area contributed by atoms with Crippen LogP contribution in [0.15, 0.2) is 22.8 Å². The van der Waals surface area contributed by atoms with E-state index in [2.05, 4.69) is 20.9 Å². The first-order chi connectivity index (χ1) is 9.43. The van der Waals surface area contributed by atoms with Gasteiger partial charge >= 0.3 is 5.97 Å². The lowest BCUT2D eigenvalue weighted by molar-refractivity contribution is -0.143. The maximum Gasteiger partial charge on any atom is 0.325 e. The number of esters is 1. The molecule has 0 atom stereocenters. The van der Waals surface area contributed by atoms with E-state index in [1.807, 2.05) is 13.8 Å². The first-order valence-electron chi connectivity index (χ1n) is 6.51. The summed E-state index contributed by atoms with van der Waals surface area (Å²) in [5, 5.41) is 0. The molecule has 0 radical (unpaired) electrons. The predicted molar refractivity (Wildman–Crippen MR) is 79.3 cm³/mol. The first kappa shape index (κ1) is 16.6. The SMILES string of the molecule is CCOC(=O)CN(CC(C)C)C(=O)c1cccc(Br)n1. The molecular formula is C14H19BrN2O3. The van der Waals surface area contributed by atoms with Crippen molar-refractivity contribution < 1.29 is 14.3 Å². The molecule has 6 heteroatoms. The van der Waals surface area contributed by atoms with Crippen LogP contribution >= 0.6 is 15.9 Å². The van der Waals surface area contributed by atoms with Crippen molar-refractivity contribution in [2.45, 2.75) is 20.8 Å². The molecule has 0 spiro atoms. The van der Waals surface area contributed by atoms with Crippen LogP contribution < -0.4 is 0 Å². The van der Waals surface area contributed by atoms with Crippen molar-refractivity contribution in [2.24, 2.45) is 5.92 Å². The van der Waals surface area contributed by atoms with Crippen molar-refractivity contribution in [1.29, 1.82) is 0 Å². The van der Waals surface area contributed by atoms with Gasteiger partial charge in [-0.2, -0.15) is 0 Å². The molecule has 0 saturated carbocycles. The number of hydrogen-bond acceptors (Lipinski definition) is 4. The number of nitrogens with zero attached hydrogens (tertiary/aromatic N) is 2. The lowest BCUT2D eigenvalue weighted by atomic mass is 10.2. The van der Waals surface area contributed by atoms with Gasteiger partial charge in [0.15, 0.2) is 0 Å². The van der Waals surface area contributed by atoms with Crippen LogP contribution in [-0.2, 0) is 9.53 Å². The van der Waals surface area contributed by atoms with Gasteiger partial charge < -0.3 is 9.64 Å². The Kier molecular flexibility index (Phi) is 6.64. The van der Waals surface area contributed by atoms with E-state index >= 15 is 0 Å². The normalized spacial score (nSPS) is 10.4. The molecule has 5 nitrogen and oxygen atoms in total. The topological polar surface area (TPSA) is 59.5 Å². The van der Waals surface area contributed by atoms with Crippen LogP contribution in [0.3, 0.4) is 0 Å². The number of ether oxygens (including phenoxy) is 1. The molecule has 0 aliphatic carbocycles. The zero-order chi connectivity index (χ0) is 15.1. The molecule has 1 heterocycles. The second kappa shape index (κ2) is 7.99. The minimum Gasteiger partial charge on any atom is -0.465 e. The monoisotopic (exact) mass is 342 g/mol.